The predicted octanol–water partition coefficient (Wildman–Crippen LogP) is 3.87. The molecular formula is C25H25N5O. The lowest BCUT2D eigenvalue weighted by Crippen LogP contribution is -2.48. The van der Waals surface area contributed by atoms with Crippen molar-refractivity contribution in [1.29, 1.82) is 5.26 Å². The summed E-state index contributed by atoms with van der Waals surface area (Å²) in [7, 11) is 0. The topological polar surface area (TPSA) is 56.8 Å². The first-order valence-corrected chi connectivity index (χ1v) is 10.7. The molecule has 0 radical (unpaired) electrons. The van der Waals surface area contributed by atoms with E-state index in [1.807, 2.05) is 55.5 Å². The third kappa shape index (κ3) is 3.69. The van der Waals surface area contributed by atoms with Crippen LogP contribution < -0.4 is 9.64 Å². The smallest absolute Gasteiger partial charge is 0.157 e. The molecule has 4 aromatic rings. The summed E-state index contributed by atoms with van der Waals surface area (Å²) in [6.07, 6.45) is 0. The van der Waals surface area contributed by atoms with Crippen LogP contribution in [0.4, 0.5) is 5.82 Å². The number of ether oxygens (including phenoxy) is 1. The summed E-state index contributed by atoms with van der Waals surface area (Å²) in [4.78, 5) is 9.62. The average molecular weight is 412 g/mol. The number of nitrogens with zero attached hydrogens (tertiary/aromatic N) is 5. The highest BCUT2D eigenvalue weighted by atomic mass is 16.5. The van der Waals surface area contributed by atoms with Crippen molar-refractivity contribution in [2.75, 3.05) is 44.2 Å². The van der Waals surface area contributed by atoms with E-state index in [1.54, 1.807) is 0 Å². The van der Waals surface area contributed by atoms with Crippen LogP contribution in [0.2, 0.25) is 0 Å². The Labute approximate surface area is 181 Å². The highest BCUT2D eigenvalue weighted by molar-refractivity contribution is 5.85. The summed E-state index contributed by atoms with van der Waals surface area (Å²) in [5, 5.41) is 9.71. The fraction of sp³-hybridized carbons (Fsp3) is 0.280. The third-order valence-corrected chi connectivity index (χ3v) is 5.98. The molecule has 6 nitrogen and oxygen atoms in total. The number of pyridine rings is 1. The van der Waals surface area contributed by atoms with Gasteiger partial charge >= 0.3 is 0 Å². The minimum Gasteiger partial charge on any atom is -0.492 e. The number of imidazole rings is 1. The van der Waals surface area contributed by atoms with Gasteiger partial charge < -0.3 is 9.64 Å². The summed E-state index contributed by atoms with van der Waals surface area (Å²) < 4.78 is 8.01. The van der Waals surface area contributed by atoms with Gasteiger partial charge in [0.15, 0.2) is 5.65 Å². The average Bonchev–Trinajstić information content (AvgIpc) is 3.19. The van der Waals surface area contributed by atoms with Gasteiger partial charge in [0.1, 0.15) is 24.2 Å². The SMILES string of the molecule is Cc1cc(N2CCN(CCOc3ccccc3)CC2)n2c(nc3ccccc32)c1C#N. The normalized spacial score (nSPS) is 14.8. The molecule has 0 spiro atoms. The van der Waals surface area contributed by atoms with Crippen LogP contribution in [-0.4, -0.2) is 53.6 Å². The minimum atomic E-state index is 0.650. The Morgan fingerprint density at radius 2 is 1.74 bits per heavy atom. The summed E-state index contributed by atoms with van der Waals surface area (Å²) in [5.74, 6) is 2.03. The monoisotopic (exact) mass is 411 g/mol. The molecule has 1 aliphatic rings. The van der Waals surface area contributed by atoms with Crippen molar-refractivity contribution in [3.8, 4) is 11.8 Å². The molecule has 1 aliphatic heterocycles. The highest BCUT2D eigenvalue weighted by Gasteiger charge is 2.22. The number of benzene rings is 2. The van der Waals surface area contributed by atoms with Crippen molar-refractivity contribution in [2.45, 2.75) is 6.92 Å². The zero-order chi connectivity index (χ0) is 21.2. The Balaban J connectivity index is 1.34. The van der Waals surface area contributed by atoms with E-state index in [9.17, 15) is 5.26 Å². The zero-order valence-corrected chi connectivity index (χ0v) is 17.7. The van der Waals surface area contributed by atoms with Crippen molar-refractivity contribution >= 4 is 22.5 Å². The van der Waals surface area contributed by atoms with Crippen LogP contribution in [0.5, 0.6) is 5.75 Å². The van der Waals surface area contributed by atoms with Gasteiger partial charge in [-0.05, 0) is 42.8 Å². The standard InChI is InChI=1S/C25H25N5O/c1-19-17-24(30-23-10-6-5-9-22(23)27-25(30)21(19)18-26)29-13-11-28(12-14-29)15-16-31-20-7-3-2-4-8-20/h2-10,17H,11-16H2,1H3. The number of anilines is 1. The molecule has 0 aliphatic carbocycles. The quantitative estimate of drug-likeness (QED) is 0.499. The Kier molecular flexibility index (Phi) is 5.19. The molecule has 3 heterocycles. The molecule has 5 rings (SSSR count). The van der Waals surface area contributed by atoms with Gasteiger partial charge in [-0.25, -0.2) is 4.98 Å². The lowest BCUT2D eigenvalue weighted by molar-refractivity contribution is 0.200. The van der Waals surface area contributed by atoms with Gasteiger partial charge in [-0.2, -0.15) is 5.26 Å². The second-order valence-corrected chi connectivity index (χ2v) is 7.92. The third-order valence-electron chi connectivity index (χ3n) is 5.98. The van der Waals surface area contributed by atoms with Gasteiger partial charge in [0.25, 0.3) is 0 Å². The van der Waals surface area contributed by atoms with E-state index in [-0.39, 0.29) is 0 Å². The van der Waals surface area contributed by atoms with E-state index in [0.717, 1.165) is 66.5 Å². The maximum Gasteiger partial charge on any atom is 0.157 e. The first kappa shape index (κ1) is 19.4. The lowest BCUT2D eigenvalue weighted by atomic mass is 10.1. The minimum absolute atomic E-state index is 0.650. The van der Waals surface area contributed by atoms with Crippen LogP contribution in [0.25, 0.3) is 16.7 Å². The van der Waals surface area contributed by atoms with Crippen molar-refractivity contribution < 1.29 is 4.74 Å². The second kappa shape index (κ2) is 8.29. The molecular weight excluding hydrogens is 386 g/mol. The number of rotatable bonds is 5. The predicted molar refractivity (Wildman–Crippen MR) is 123 cm³/mol. The second-order valence-electron chi connectivity index (χ2n) is 7.92. The zero-order valence-electron chi connectivity index (χ0n) is 17.7. The van der Waals surface area contributed by atoms with Crippen LogP contribution in [0, 0.1) is 18.3 Å². The number of hydrogen-bond acceptors (Lipinski definition) is 5. The molecule has 2 aromatic carbocycles. The van der Waals surface area contributed by atoms with Gasteiger partial charge in [-0.15, -0.1) is 0 Å². The maximum atomic E-state index is 9.71. The molecule has 6 heteroatoms. The Morgan fingerprint density at radius 3 is 2.52 bits per heavy atom. The molecule has 156 valence electrons. The lowest BCUT2D eigenvalue weighted by Gasteiger charge is -2.36. The maximum absolute atomic E-state index is 9.71. The summed E-state index contributed by atoms with van der Waals surface area (Å²) in [6, 6.07) is 22.5. The number of fused-ring (bicyclic) bond motifs is 3. The summed E-state index contributed by atoms with van der Waals surface area (Å²) in [6.45, 7) is 7.42. The van der Waals surface area contributed by atoms with Crippen LogP contribution >= 0.6 is 0 Å². The number of piperazine rings is 1. The summed E-state index contributed by atoms with van der Waals surface area (Å²) >= 11 is 0. The molecule has 0 amide bonds. The van der Waals surface area contributed by atoms with Crippen LogP contribution in [0.15, 0.2) is 60.7 Å². The molecule has 1 fully saturated rings. The van der Waals surface area contributed by atoms with Crippen molar-refractivity contribution in [1.82, 2.24) is 14.3 Å². The number of hydrogen-bond donors (Lipinski definition) is 0. The number of aryl methyl sites for hydroxylation is 1. The molecule has 1 saturated heterocycles. The fourth-order valence-electron chi connectivity index (χ4n) is 4.31. The highest BCUT2D eigenvalue weighted by Crippen LogP contribution is 2.29. The van der Waals surface area contributed by atoms with Gasteiger partial charge in [0, 0.05) is 32.7 Å². The van der Waals surface area contributed by atoms with Gasteiger partial charge in [0.05, 0.1) is 16.6 Å². The molecule has 0 N–H and O–H groups in total. The molecule has 0 unspecified atom stereocenters. The van der Waals surface area contributed by atoms with E-state index >= 15 is 0 Å². The van der Waals surface area contributed by atoms with Crippen molar-refractivity contribution in [3.05, 3.63) is 71.8 Å². The molecule has 0 atom stereocenters. The van der Waals surface area contributed by atoms with Crippen LogP contribution in [-0.2, 0) is 0 Å². The van der Waals surface area contributed by atoms with Gasteiger partial charge in [0.2, 0.25) is 0 Å². The van der Waals surface area contributed by atoms with Gasteiger partial charge in [-0.1, -0.05) is 30.3 Å². The fourth-order valence-corrected chi connectivity index (χ4v) is 4.31. The van der Waals surface area contributed by atoms with E-state index < -0.39 is 0 Å². The number of nitriles is 1. The number of aromatic nitrogens is 2. The van der Waals surface area contributed by atoms with Crippen molar-refractivity contribution in [2.24, 2.45) is 0 Å². The number of para-hydroxylation sites is 3. The van der Waals surface area contributed by atoms with Gasteiger partial charge in [-0.3, -0.25) is 9.30 Å². The van der Waals surface area contributed by atoms with Crippen LogP contribution in [0.3, 0.4) is 0 Å². The van der Waals surface area contributed by atoms with E-state index in [1.165, 1.54) is 0 Å². The molecule has 31 heavy (non-hydrogen) atoms. The van der Waals surface area contributed by atoms with E-state index in [0.29, 0.717) is 12.2 Å². The molecule has 0 bridgehead atoms. The Bertz CT molecular complexity index is 1250. The Hall–Kier alpha value is -3.56. The van der Waals surface area contributed by atoms with Crippen molar-refractivity contribution in [3.63, 3.8) is 0 Å². The van der Waals surface area contributed by atoms with E-state index in [2.05, 4.69) is 32.4 Å². The first-order chi connectivity index (χ1) is 15.2. The largest absolute Gasteiger partial charge is 0.492 e. The summed E-state index contributed by atoms with van der Waals surface area (Å²) in [5.41, 5.74) is 4.33. The van der Waals surface area contributed by atoms with Crippen LogP contribution in [0.1, 0.15) is 11.1 Å². The van der Waals surface area contributed by atoms with E-state index in [4.69, 9.17) is 9.72 Å². The molecule has 2 aromatic heterocycles. The molecule has 0 saturated carbocycles. The first-order valence-electron chi connectivity index (χ1n) is 10.7. The Morgan fingerprint density at radius 1 is 1.00 bits per heavy atom.